The van der Waals surface area contributed by atoms with Gasteiger partial charge < -0.3 is 0 Å². The van der Waals surface area contributed by atoms with Crippen LogP contribution in [0, 0.1) is 6.92 Å². The summed E-state index contributed by atoms with van der Waals surface area (Å²) in [5, 5.41) is 0. The molecule has 1 heterocycles. The third-order valence-electron chi connectivity index (χ3n) is 3.81. The van der Waals surface area contributed by atoms with Gasteiger partial charge >= 0.3 is 0 Å². The first-order valence-electron chi connectivity index (χ1n) is 6.69. The van der Waals surface area contributed by atoms with Crippen LogP contribution in [0.25, 0.3) is 0 Å². The molecule has 0 aliphatic heterocycles. The third kappa shape index (κ3) is 2.72. The summed E-state index contributed by atoms with van der Waals surface area (Å²) in [5.74, 6) is 0. The number of aryl methyl sites for hydroxylation is 2. The second-order valence-electron chi connectivity index (χ2n) is 5.43. The molecule has 0 N–H and O–H groups in total. The van der Waals surface area contributed by atoms with E-state index in [1.807, 2.05) is 13.0 Å². The molecule has 0 fully saturated rings. The van der Waals surface area contributed by atoms with Crippen molar-refractivity contribution in [3.05, 3.63) is 53.3 Å². The van der Waals surface area contributed by atoms with Crippen molar-refractivity contribution in [3.8, 4) is 0 Å². The maximum atomic E-state index is 12.8. The van der Waals surface area contributed by atoms with Gasteiger partial charge in [-0.3, -0.25) is 0 Å². The lowest BCUT2D eigenvalue weighted by atomic mass is 9.97. The summed E-state index contributed by atoms with van der Waals surface area (Å²) in [7, 11) is -3.60. The predicted octanol–water partition coefficient (Wildman–Crippen LogP) is 3.70. The molecule has 1 aliphatic rings. The van der Waals surface area contributed by atoms with Crippen molar-refractivity contribution in [2.45, 2.75) is 35.4 Å². The zero-order valence-corrected chi connectivity index (χ0v) is 13.8. The summed E-state index contributed by atoms with van der Waals surface area (Å²) >= 11 is 12.4. The second-order valence-corrected chi connectivity index (χ2v) is 8.89. The quantitative estimate of drug-likeness (QED) is 0.780. The van der Waals surface area contributed by atoms with Crippen LogP contribution < -0.4 is 0 Å². The number of benzene rings is 1. The Balaban J connectivity index is 2.09. The first kappa shape index (κ1) is 14.9. The average Bonchev–Trinajstić information content (AvgIpc) is 2.81. The van der Waals surface area contributed by atoms with Gasteiger partial charge in [-0.2, -0.15) is 0 Å². The van der Waals surface area contributed by atoms with E-state index < -0.39 is 14.4 Å². The molecule has 0 saturated heterocycles. The Bertz CT molecular complexity index is 777. The molecule has 21 heavy (non-hydrogen) atoms. The van der Waals surface area contributed by atoms with Crippen molar-refractivity contribution in [1.29, 1.82) is 0 Å². The number of fused-ring (bicyclic) bond motifs is 1. The van der Waals surface area contributed by atoms with Crippen LogP contribution in [0.5, 0.6) is 0 Å². The Morgan fingerprint density at radius 3 is 2.48 bits per heavy atom. The second kappa shape index (κ2) is 5.04. The molecule has 0 atom stereocenters. The molecule has 0 spiro atoms. The fraction of sp³-hybridized carbons (Fsp3) is 0.333. The molecule has 0 unspecified atom stereocenters. The van der Waals surface area contributed by atoms with Gasteiger partial charge in [0.15, 0.2) is 0 Å². The fourth-order valence-corrected chi connectivity index (χ4v) is 4.45. The van der Waals surface area contributed by atoms with Gasteiger partial charge in [0, 0.05) is 18.3 Å². The van der Waals surface area contributed by atoms with Crippen LogP contribution in [-0.2, 0) is 22.9 Å². The smallest absolute Gasteiger partial charge is 0.245 e. The molecule has 6 heteroatoms. The highest BCUT2D eigenvalue weighted by Gasteiger charge is 2.34. The van der Waals surface area contributed by atoms with Gasteiger partial charge in [-0.1, -0.05) is 17.7 Å². The highest BCUT2D eigenvalue weighted by atomic mass is 35.5. The average molecular weight is 344 g/mol. The number of rotatable bonds is 2. The zero-order chi connectivity index (χ0) is 15.3. The molecular formula is C15H15Cl2NO2S. The number of halogens is 2. The van der Waals surface area contributed by atoms with Crippen molar-refractivity contribution in [1.82, 2.24) is 3.97 Å². The van der Waals surface area contributed by atoms with Crippen LogP contribution in [0.3, 0.4) is 0 Å². The number of nitrogens with zero attached hydrogens (tertiary/aromatic N) is 1. The highest BCUT2D eigenvalue weighted by molar-refractivity contribution is 7.90. The van der Waals surface area contributed by atoms with Gasteiger partial charge in [0.2, 0.25) is 0 Å². The summed E-state index contributed by atoms with van der Waals surface area (Å²) in [4.78, 5) is 0.270. The van der Waals surface area contributed by atoms with E-state index in [-0.39, 0.29) is 4.90 Å². The van der Waals surface area contributed by atoms with Crippen LogP contribution in [0.15, 0.2) is 41.4 Å². The van der Waals surface area contributed by atoms with Crippen LogP contribution in [-0.4, -0.2) is 16.7 Å². The van der Waals surface area contributed by atoms with E-state index in [2.05, 4.69) is 0 Å². The molecule has 1 aromatic heterocycles. The lowest BCUT2D eigenvalue weighted by Gasteiger charge is -2.26. The highest BCUT2D eigenvalue weighted by Crippen LogP contribution is 2.38. The normalized spacial score (nSPS) is 17.5. The molecule has 0 bridgehead atoms. The van der Waals surface area contributed by atoms with Crippen molar-refractivity contribution < 1.29 is 8.42 Å². The van der Waals surface area contributed by atoms with Crippen LogP contribution in [0.2, 0.25) is 0 Å². The predicted molar refractivity (Wildman–Crippen MR) is 84.7 cm³/mol. The Morgan fingerprint density at radius 2 is 1.81 bits per heavy atom. The van der Waals surface area contributed by atoms with E-state index in [9.17, 15) is 8.42 Å². The zero-order valence-electron chi connectivity index (χ0n) is 11.5. The number of aromatic nitrogens is 1. The summed E-state index contributed by atoms with van der Waals surface area (Å²) in [5.41, 5.74) is 2.71. The first-order valence-corrected chi connectivity index (χ1v) is 8.88. The Labute approximate surface area is 134 Å². The number of alkyl halides is 2. The molecule has 0 radical (unpaired) electrons. The van der Waals surface area contributed by atoms with Gasteiger partial charge in [0.25, 0.3) is 10.0 Å². The Kier molecular flexibility index (Phi) is 3.59. The Morgan fingerprint density at radius 1 is 1.14 bits per heavy atom. The maximum absolute atomic E-state index is 12.8. The lowest BCUT2D eigenvalue weighted by molar-refractivity contribution is 0.577. The minimum Gasteiger partial charge on any atom is -0.245 e. The Hall–Kier alpha value is -0.970. The molecule has 2 aromatic rings. The minimum absolute atomic E-state index is 0.270. The molecular weight excluding hydrogens is 329 g/mol. The summed E-state index contributed by atoms with van der Waals surface area (Å²) in [6.07, 6.45) is 3.26. The van der Waals surface area contributed by atoms with Crippen molar-refractivity contribution >= 4 is 33.2 Å². The first-order chi connectivity index (χ1) is 9.79. The molecule has 1 aliphatic carbocycles. The van der Waals surface area contributed by atoms with Crippen LogP contribution >= 0.6 is 23.2 Å². The van der Waals surface area contributed by atoms with Crippen LogP contribution in [0.4, 0.5) is 0 Å². The maximum Gasteiger partial charge on any atom is 0.267 e. The topological polar surface area (TPSA) is 39.1 Å². The molecule has 0 amide bonds. The summed E-state index contributed by atoms with van der Waals surface area (Å²) in [6, 6.07) is 8.65. The van der Waals surface area contributed by atoms with Gasteiger partial charge in [0.05, 0.1) is 4.90 Å². The van der Waals surface area contributed by atoms with E-state index in [4.69, 9.17) is 23.2 Å². The third-order valence-corrected chi connectivity index (χ3v) is 6.18. The molecule has 1 aromatic carbocycles. The number of hydrogen-bond donors (Lipinski definition) is 0. The lowest BCUT2D eigenvalue weighted by Crippen LogP contribution is -2.27. The molecule has 0 saturated carbocycles. The SMILES string of the molecule is Cc1ccc(S(=O)(=O)n2ccc3c2CC(Cl)(Cl)CC3)cc1. The van der Waals surface area contributed by atoms with E-state index in [0.29, 0.717) is 25.0 Å². The summed E-state index contributed by atoms with van der Waals surface area (Å²) < 4.78 is 25.9. The fourth-order valence-electron chi connectivity index (χ4n) is 2.60. The standard InChI is InChI=1S/C15H15Cl2NO2S/c1-11-2-4-13(5-3-11)21(19,20)18-9-7-12-6-8-15(16,17)10-14(12)18/h2-5,7,9H,6,8,10H2,1H3. The largest absolute Gasteiger partial charge is 0.267 e. The monoisotopic (exact) mass is 343 g/mol. The van der Waals surface area contributed by atoms with Gasteiger partial charge in [0.1, 0.15) is 4.33 Å². The number of hydrogen-bond acceptors (Lipinski definition) is 2. The van der Waals surface area contributed by atoms with E-state index in [1.54, 1.807) is 30.5 Å². The van der Waals surface area contributed by atoms with Gasteiger partial charge in [-0.05, 0) is 43.5 Å². The van der Waals surface area contributed by atoms with Crippen molar-refractivity contribution in [2.24, 2.45) is 0 Å². The van der Waals surface area contributed by atoms with Crippen molar-refractivity contribution in [2.75, 3.05) is 0 Å². The summed E-state index contributed by atoms with van der Waals surface area (Å²) in [6.45, 7) is 1.92. The molecule has 3 nitrogen and oxygen atoms in total. The van der Waals surface area contributed by atoms with E-state index >= 15 is 0 Å². The van der Waals surface area contributed by atoms with Gasteiger partial charge in [-0.25, -0.2) is 12.4 Å². The van der Waals surface area contributed by atoms with E-state index in [0.717, 1.165) is 11.1 Å². The van der Waals surface area contributed by atoms with Crippen LogP contribution in [0.1, 0.15) is 23.2 Å². The molecule has 112 valence electrons. The minimum atomic E-state index is -3.60. The van der Waals surface area contributed by atoms with Crippen molar-refractivity contribution in [3.63, 3.8) is 0 Å². The van der Waals surface area contributed by atoms with E-state index in [1.165, 1.54) is 3.97 Å². The molecule has 3 rings (SSSR count). The van der Waals surface area contributed by atoms with Gasteiger partial charge in [-0.15, -0.1) is 23.2 Å².